The van der Waals surface area contributed by atoms with E-state index >= 15 is 0 Å². The van der Waals surface area contributed by atoms with Crippen molar-refractivity contribution in [3.05, 3.63) is 42.1 Å². The number of nitrogens with zero attached hydrogens (tertiary/aromatic N) is 3. The number of fused-ring (bicyclic) bond motifs is 2. The van der Waals surface area contributed by atoms with Crippen LogP contribution in [0.5, 0.6) is 0 Å². The van der Waals surface area contributed by atoms with E-state index in [1.807, 2.05) is 25.3 Å². The molecule has 3 unspecified atom stereocenters. The summed E-state index contributed by atoms with van der Waals surface area (Å²) in [5, 5.41) is 17.0. The highest BCUT2D eigenvalue weighted by Gasteiger charge is 2.55. The molecule has 2 N–H and O–H groups in total. The predicted octanol–water partition coefficient (Wildman–Crippen LogP) is 2.10. The molecule has 2 aromatic rings. The molecule has 1 saturated carbocycles. The molecule has 1 aliphatic carbocycles. The van der Waals surface area contributed by atoms with Crippen LogP contribution >= 0.6 is 0 Å². The average Bonchev–Trinajstić information content (AvgIpc) is 3.13. The summed E-state index contributed by atoms with van der Waals surface area (Å²) in [4.78, 5) is 37.5. The number of carbonyl (C=O) groups is 3. The number of esters is 1. The first-order valence-corrected chi connectivity index (χ1v) is 11.3. The van der Waals surface area contributed by atoms with Gasteiger partial charge >= 0.3 is 11.9 Å². The third-order valence-electron chi connectivity index (χ3n) is 6.71. The predicted molar refractivity (Wildman–Crippen MR) is 122 cm³/mol. The van der Waals surface area contributed by atoms with Crippen molar-refractivity contribution in [2.75, 3.05) is 26.2 Å². The van der Waals surface area contributed by atoms with Crippen LogP contribution in [0.15, 0.2) is 36.5 Å². The van der Waals surface area contributed by atoms with E-state index in [-0.39, 0.29) is 18.6 Å². The smallest absolute Gasteiger partial charge is 0.331 e. The monoisotopic (exact) mass is 454 g/mol. The Morgan fingerprint density at radius 3 is 2.61 bits per heavy atom. The van der Waals surface area contributed by atoms with Crippen LogP contribution in [0.2, 0.25) is 0 Å². The number of carbonyl (C=O) groups excluding carboxylic acids is 2. The number of hydrogen-bond acceptors (Lipinski definition) is 6. The van der Waals surface area contributed by atoms with E-state index in [9.17, 15) is 14.4 Å². The van der Waals surface area contributed by atoms with Gasteiger partial charge in [-0.3, -0.25) is 9.48 Å². The quantitative estimate of drug-likeness (QED) is 0.441. The van der Waals surface area contributed by atoms with Crippen molar-refractivity contribution in [3.63, 3.8) is 0 Å². The molecule has 3 atom stereocenters. The molecule has 1 aliphatic heterocycles. The first-order valence-electron chi connectivity index (χ1n) is 11.3. The molecule has 176 valence electrons. The van der Waals surface area contributed by atoms with Gasteiger partial charge in [0.1, 0.15) is 12.1 Å². The van der Waals surface area contributed by atoms with Crippen LogP contribution < -0.4 is 5.32 Å². The van der Waals surface area contributed by atoms with Gasteiger partial charge < -0.3 is 20.1 Å². The Hall–Kier alpha value is -3.20. The first kappa shape index (κ1) is 23.0. The number of ether oxygens (including phenoxy) is 1. The molecule has 1 saturated heterocycles. The van der Waals surface area contributed by atoms with Gasteiger partial charge in [-0.05, 0) is 44.6 Å². The van der Waals surface area contributed by atoms with Gasteiger partial charge in [-0.25, -0.2) is 9.59 Å². The lowest BCUT2D eigenvalue weighted by Crippen LogP contribution is -2.34. The lowest BCUT2D eigenvalue weighted by molar-refractivity contribution is -0.139. The Balaban J connectivity index is 1.35. The summed E-state index contributed by atoms with van der Waals surface area (Å²) in [6, 6.07) is 5.77. The van der Waals surface area contributed by atoms with E-state index in [0.29, 0.717) is 41.4 Å². The zero-order valence-corrected chi connectivity index (χ0v) is 19.1. The highest BCUT2D eigenvalue weighted by Crippen LogP contribution is 2.51. The lowest BCUT2D eigenvalue weighted by atomic mass is 10.1. The molecule has 1 amide bonds. The Morgan fingerprint density at radius 1 is 1.21 bits per heavy atom. The Bertz CT molecular complexity index is 1080. The molecule has 2 fully saturated rings. The SMILES string of the molecule is CC(C)N1CC2C(CNC(=O)c3cccc4cn(C(C)COC(=O)/C=C/C(=O)O)nc34)C2C1. The van der Waals surface area contributed by atoms with E-state index in [2.05, 4.69) is 29.2 Å². The maximum atomic E-state index is 12.9. The van der Waals surface area contributed by atoms with Crippen LogP contribution in [0.4, 0.5) is 0 Å². The van der Waals surface area contributed by atoms with Crippen molar-refractivity contribution < 1.29 is 24.2 Å². The fraction of sp³-hybridized carbons (Fsp3) is 0.500. The molecule has 0 bridgehead atoms. The van der Waals surface area contributed by atoms with Crippen LogP contribution in [-0.4, -0.2) is 69.9 Å². The van der Waals surface area contributed by atoms with Crippen molar-refractivity contribution in [1.82, 2.24) is 20.0 Å². The number of aromatic nitrogens is 2. The summed E-state index contributed by atoms with van der Waals surface area (Å²) < 4.78 is 6.73. The van der Waals surface area contributed by atoms with Gasteiger partial charge in [0, 0.05) is 49.4 Å². The molecule has 1 aromatic heterocycles. The molecule has 0 spiro atoms. The summed E-state index contributed by atoms with van der Waals surface area (Å²) in [5.74, 6) is -0.137. The Morgan fingerprint density at radius 2 is 1.94 bits per heavy atom. The number of amides is 1. The molecule has 0 radical (unpaired) electrons. The third kappa shape index (κ3) is 5.08. The number of carboxylic acids is 1. The van der Waals surface area contributed by atoms with Crippen LogP contribution in [0.1, 0.15) is 37.2 Å². The number of nitrogens with one attached hydrogen (secondary N) is 1. The van der Waals surface area contributed by atoms with Gasteiger partial charge in [0.05, 0.1) is 11.6 Å². The summed E-state index contributed by atoms with van der Waals surface area (Å²) in [6.07, 6.45) is 3.41. The van der Waals surface area contributed by atoms with Gasteiger partial charge in [0.25, 0.3) is 5.91 Å². The molecular weight excluding hydrogens is 424 g/mol. The summed E-state index contributed by atoms with van der Waals surface area (Å²) in [7, 11) is 0. The van der Waals surface area contributed by atoms with Gasteiger partial charge in [-0.2, -0.15) is 5.10 Å². The van der Waals surface area contributed by atoms with Gasteiger partial charge in [0.15, 0.2) is 0 Å². The normalized spacial score (nSPS) is 23.1. The topological polar surface area (TPSA) is 114 Å². The fourth-order valence-electron chi connectivity index (χ4n) is 4.65. The summed E-state index contributed by atoms with van der Waals surface area (Å²) >= 11 is 0. The summed E-state index contributed by atoms with van der Waals surface area (Å²) in [5.41, 5.74) is 1.12. The van der Waals surface area contributed by atoms with Crippen LogP contribution in [0.25, 0.3) is 10.9 Å². The second-order valence-electron chi connectivity index (χ2n) is 9.25. The zero-order chi connectivity index (χ0) is 23.7. The van der Waals surface area contributed by atoms with E-state index in [1.165, 1.54) is 0 Å². The molecule has 9 nitrogen and oxygen atoms in total. The third-order valence-corrected chi connectivity index (χ3v) is 6.71. The molecule has 1 aromatic carbocycles. The first-order chi connectivity index (χ1) is 15.7. The lowest BCUT2D eigenvalue weighted by Gasteiger charge is -2.23. The maximum Gasteiger partial charge on any atom is 0.331 e. The average molecular weight is 455 g/mol. The van der Waals surface area contributed by atoms with E-state index < -0.39 is 11.9 Å². The van der Waals surface area contributed by atoms with Crippen molar-refractivity contribution in [3.8, 4) is 0 Å². The van der Waals surface area contributed by atoms with Gasteiger partial charge in [0.2, 0.25) is 0 Å². The molecule has 2 aliphatic rings. The number of carboxylic acid groups (broad SMARTS) is 1. The minimum atomic E-state index is -1.22. The van der Waals surface area contributed by atoms with Gasteiger partial charge in [-0.1, -0.05) is 12.1 Å². The zero-order valence-electron chi connectivity index (χ0n) is 19.1. The molecule has 9 heteroatoms. The van der Waals surface area contributed by atoms with Crippen molar-refractivity contribution >= 4 is 28.7 Å². The highest BCUT2D eigenvalue weighted by molar-refractivity contribution is 6.05. The fourth-order valence-corrected chi connectivity index (χ4v) is 4.65. The minimum absolute atomic E-state index is 0.0240. The Kier molecular flexibility index (Phi) is 6.51. The largest absolute Gasteiger partial charge is 0.478 e. The Labute approximate surface area is 192 Å². The number of likely N-dealkylation sites (tertiary alicyclic amines) is 1. The standard InChI is InChI=1S/C24H30N4O5/c1-14(2)27-11-19-18(20(19)12-27)9-25-24(32)17-6-4-5-16-10-28(26-23(16)17)15(3)13-33-22(31)8-7-21(29)30/h4-8,10,14-15,18-20H,9,11-13H2,1-3H3,(H,25,32)(H,29,30)/b8-7+. The number of piperidine rings is 1. The van der Waals surface area contributed by atoms with Crippen molar-refractivity contribution in [2.45, 2.75) is 32.9 Å². The van der Waals surface area contributed by atoms with Crippen LogP contribution in [-0.2, 0) is 14.3 Å². The molecular formula is C24H30N4O5. The van der Waals surface area contributed by atoms with Crippen molar-refractivity contribution in [2.24, 2.45) is 17.8 Å². The number of rotatable bonds is 9. The van der Waals surface area contributed by atoms with E-state index in [0.717, 1.165) is 30.6 Å². The second kappa shape index (κ2) is 9.35. The molecule has 2 heterocycles. The van der Waals surface area contributed by atoms with E-state index in [1.54, 1.807) is 10.7 Å². The maximum absolute atomic E-state index is 12.9. The van der Waals surface area contributed by atoms with Crippen molar-refractivity contribution in [1.29, 1.82) is 0 Å². The molecule has 33 heavy (non-hydrogen) atoms. The number of hydrogen-bond donors (Lipinski definition) is 2. The number of benzene rings is 1. The second-order valence-corrected chi connectivity index (χ2v) is 9.25. The van der Waals surface area contributed by atoms with Gasteiger partial charge in [-0.15, -0.1) is 0 Å². The highest BCUT2D eigenvalue weighted by atomic mass is 16.5. The van der Waals surface area contributed by atoms with E-state index in [4.69, 9.17) is 9.84 Å². The molecule has 4 rings (SSSR count). The summed E-state index contributed by atoms with van der Waals surface area (Å²) in [6.45, 7) is 9.23. The van der Waals surface area contributed by atoms with Crippen LogP contribution in [0, 0.1) is 17.8 Å². The number of aliphatic carboxylic acids is 1. The van der Waals surface area contributed by atoms with Crippen LogP contribution in [0.3, 0.4) is 0 Å². The minimum Gasteiger partial charge on any atom is -0.478 e.